The molecule has 0 saturated carbocycles. The Hall–Kier alpha value is -2.82. The lowest BCUT2D eigenvalue weighted by molar-refractivity contribution is -0.134. The minimum absolute atomic E-state index is 0.0790. The smallest absolute Gasteiger partial charge is 0.313 e. The van der Waals surface area contributed by atoms with Gasteiger partial charge in [-0.1, -0.05) is 30.3 Å². The lowest BCUT2D eigenvalue weighted by atomic mass is 10.1. The summed E-state index contributed by atoms with van der Waals surface area (Å²) in [4.78, 5) is 23.9. The number of benzene rings is 2. The first-order valence-corrected chi connectivity index (χ1v) is 7.29. The minimum Gasteiger partial charge on any atom is -0.493 e. The van der Waals surface area contributed by atoms with E-state index in [2.05, 4.69) is 5.32 Å². The molecular formula is C18H19NO4. The molecule has 2 aromatic carbocycles. The Morgan fingerprint density at radius 1 is 1.00 bits per heavy atom. The summed E-state index contributed by atoms with van der Waals surface area (Å²) >= 11 is 0. The average molecular weight is 313 g/mol. The van der Waals surface area contributed by atoms with Crippen LogP contribution in [0.2, 0.25) is 0 Å². The van der Waals surface area contributed by atoms with Crippen molar-refractivity contribution in [2.24, 2.45) is 0 Å². The molecule has 0 radical (unpaired) electrons. The van der Waals surface area contributed by atoms with Gasteiger partial charge in [-0.2, -0.15) is 0 Å². The molecule has 0 aliphatic carbocycles. The highest BCUT2D eigenvalue weighted by atomic mass is 16.6. The summed E-state index contributed by atoms with van der Waals surface area (Å²) in [5.41, 5.74) is 1.49. The third-order valence-electron chi connectivity index (χ3n) is 3.30. The number of carbonyl (C=O) groups is 2. The summed E-state index contributed by atoms with van der Waals surface area (Å²) < 4.78 is 10.3. The Balaban J connectivity index is 1.83. The molecule has 0 bridgehead atoms. The van der Waals surface area contributed by atoms with Crippen LogP contribution < -0.4 is 14.8 Å². The fraction of sp³-hybridized carbons (Fsp3) is 0.222. The van der Waals surface area contributed by atoms with Crippen LogP contribution in [-0.2, 0) is 4.79 Å². The molecule has 0 aromatic heterocycles. The molecule has 0 unspecified atom stereocenters. The van der Waals surface area contributed by atoms with Crippen molar-refractivity contribution in [3.05, 3.63) is 59.7 Å². The first-order valence-electron chi connectivity index (χ1n) is 7.29. The number of aryl methyl sites for hydroxylation is 1. The van der Waals surface area contributed by atoms with E-state index >= 15 is 0 Å². The molecule has 2 rings (SSSR count). The zero-order chi connectivity index (χ0) is 16.7. The number of amides is 1. The van der Waals surface area contributed by atoms with Gasteiger partial charge in [-0.05, 0) is 30.7 Å². The number of hydrogen-bond donors (Lipinski definition) is 1. The van der Waals surface area contributed by atoms with Crippen molar-refractivity contribution < 1.29 is 19.1 Å². The maximum Gasteiger partial charge on any atom is 0.313 e. The van der Waals surface area contributed by atoms with Crippen molar-refractivity contribution >= 4 is 11.9 Å². The zero-order valence-corrected chi connectivity index (χ0v) is 13.2. The number of rotatable bonds is 6. The topological polar surface area (TPSA) is 64.6 Å². The molecular weight excluding hydrogens is 294 g/mol. The highest BCUT2D eigenvalue weighted by Gasteiger charge is 2.11. The number of ether oxygens (including phenoxy) is 2. The van der Waals surface area contributed by atoms with Gasteiger partial charge in [-0.25, -0.2) is 0 Å². The van der Waals surface area contributed by atoms with E-state index in [9.17, 15) is 9.59 Å². The van der Waals surface area contributed by atoms with Gasteiger partial charge in [0.25, 0.3) is 5.91 Å². The second-order valence-electron chi connectivity index (χ2n) is 4.95. The van der Waals surface area contributed by atoms with E-state index in [0.717, 1.165) is 5.56 Å². The van der Waals surface area contributed by atoms with Crippen molar-refractivity contribution in [1.29, 1.82) is 0 Å². The molecule has 23 heavy (non-hydrogen) atoms. The second kappa shape index (κ2) is 7.98. The predicted octanol–water partition coefficient (Wildman–Crippen LogP) is 2.73. The molecule has 1 amide bonds. The standard InChI is InChI=1S/C18H19NO4/c1-13-7-3-4-8-14(13)18(21)19-12-11-17(20)23-16-10-6-5-9-15(16)22-2/h3-10H,11-12H2,1-2H3,(H,19,21). The minimum atomic E-state index is -0.431. The van der Waals surface area contributed by atoms with Crippen molar-refractivity contribution in [2.75, 3.05) is 13.7 Å². The summed E-state index contributed by atoms with van der Waals surface area (Å²) in [6.45, 7) is 2.08. The van der Waals surface area contributed by atoms with Gasteiger partial charge in [-0.3, -0.25) is 9.59 Å². The number of para-hydroxylation sites is 2. The van der Waals surface area contributed by atoms with Crippen LogP contribution in [0.25, 0.3) is 0 Å². The van der Waals surface area contributed by atoms with Crippen LogP contribution >= 0.6 is 0 Å². The Labute approximate surface area is 135 Å². The number of methoxy groups -OCH3 is 1. The van der Waals surface area contributed by atoms with Crippen molar-refractivity contribution in [3.8, 4) is 11.5 Å². The van der Waals surface area contributed by atoms with E-state index in [1.165, 1.54) is 7.11 Å². The predicted molar refractivity (Wildman–Crippen MR) is 86.8 cm³/mol. The largest absolute Gasteiger partial charge is 0.493 e. The Morgan fingerprint density at radius 3 is 2.35 bits per heavy atom. The molecule has 0 aliphatic rings. The van der Waals surface area contributed by atoms with Crippen molar-refractivity contribution in [3.63, 3.8) is 0 Å². The van der Waals surface area contributed by atoms with E-state index in [0.29, 0.717) is 17.1 Å². The van der Waals surface area contributed by atoms with Gasteiger partial charge in [0.2, 0.25) is 0 Å². The lowest BCUT2D eigenvalue weighted by Crippen LogP contribution is -2.27. The fourth-order valence-corrected chi connectivity index (χ4v) is 2.08. The molecule has 1 N–H and O–H groups in total. The van der Waals surface area contributed by atoms with Gasteiger partial charge in [0, 0.05) is 12.1 Å². The molecule has 0 fully saturated rings. The first kappa shape index (κ1) is 16.5. The fourth-order valence-electron chi connectivity index (χ4n) is 2.08. The van der Waals surface area contributed by atoms with Crippen LogP contribution in [0, 0.1) is 6.92 Å². The molecule has 0 heterocycles. The van der Waals surface area contributed by atoms with Crippen molar-refractivity contribution in [2.45, 2.75) is 13.3 Å². The molecule has 120 valence electrons. The highest BCUT2D eigenvalue weighted by molar-refractivity contribution is 5.95. The van der Waals surface area contributed by atoms with E-state index in [1.807, 2.05) is 19.1 Å². The summed E-state index contributed by atoms with van der Waals surface area (Å²) in [5.74, 6) is 0.225. The summed E-state index contributed by atoms with van der Waals surface area (Å²) in [6, 6.07) is 14.2. The van der Waals surface area contributed by atoms with E-state index in [4.69, 9.17) is 9.47 Å². The number of esters is 1. The van der Waals surface area contributed by atoms with Gasteiger partial charge in [-0.15, -0.1) is 0 Å². The molecule has 0 spiro atoms. The monoisotopic (exact) mass is 313 g/mol. The highest BCUT2D eigenvalue weighted by Crippen LogP contribution is 2.25. The van der Waals surface area contributed by atoms with E-state index < -0.39 is 5.97 Å². The van der Waals surface area contributed by atoms with Gasteiger partial charge >= 0.3 is 5.97 Å². The van der Waals surface area contributed by atoms with Gasteiger partial charge < -0.3 is 14.8 Å². The number of nitrogens with one attached hydrogen (secondary N) is 1. The Morgan fingerprint density at radius 2 is 1.65 bits per heavy atom. The Bertz CT molecular complexity index is 697. The van der Waals surface area contributed by atoms with E-state index in [1.54, 1.807) is 36.4 Å². The van der Waals surface area contributed by atoms with Gasteiger partial charge in [0.15, 0.2) is 11.5 Å². The van der Waals surface area contributed by atoms with Crippen LogP contribution in [0.4, 0.5) is 0 Å². The summed E-state index contributed by atoms with van der Waals surface area (Å²) in [5, 5.41) is 2.71. The zero-order valence-electron chi connectivity index (χ0n) is 13.2. The van der Waals surface area contributed by atoms with E-state index in [-0.39, 0.29) is 18.9 Å². The summed E-state index contributed by atoms with van der Waals surface area (Å²) in [7, 11) is 1.51. The quantitative estimate of drug-likeness (QED) is 0.658. The SMILES string of the molecule is COc1ccccc1OC(=O)CCNC(=O)c1ccccc1C. The first-order chi connectivity index (χ1) is 11.1. The Kier molecular flexibility index (Phi) is 5.74. The number of carbonyl (C=O) groups excluding carboxylic acids is 2. The molecule has 5 nitrogen and oxygen atoms in total. The maximum absolute atomic E-state index is 12.0. The second-order valence-corrected chi connectivity index (χ2v) is 4.95. The molecule has 5 heteroatoms. The lowest BCUT2D eigenvalue weighted by Gasteiger charge is -2.09. The maximum atomic E-state index is 12.0. The summed E-state index contributed by atoms with van der Waals surface area (Å²) in [6.07, 6.45) is 0.0790. The molecule has 0 aliphatic heterocycles. The molecule has 2 aromatic rings. The van der Waals surface area contributed by atoms with Crippen LogP contribution in [0.15, 0.2) is 48.5 Å². The van der Waals surface area contributed by atoms with Crippen LogP contribution in [0.5, 0.6) is 11.5 Å². The van der Waals surface area contributed by atoms with Crippen LogP contribution in [0.3, 0.4) is 0 Å². The molecule has 0 atom stereocenters. The van der Waals surface area contributed by atoms with Gasteiger partial charge in [0.1, 0.15) is 0 Å². The third kappa shape index (κ3) is 4.57. The van der Waals surface area contributed by atoms with Gasteiger partial charge in [0.05, 0.1) is 13.5 Å². The third-order valence-corrected chi connectivity index (χ3v) is 3.30. The van der Waals surface area contributed by atoms with Crippen molar-refractivity contribution in [1.82, 2.24) is 5.32 Å². The van der Waals surface area contributed by atoms with Crippen LogP contribution in [-0.4, -0.2) is 25.5 Å². The van der Waals surface area contributed by atoms with Crippen LogP contribution in [0.1, 0.15) is 22.3 Å². The molecule has 0 saturated heterocycles. The number of hydrogen-bond acceptors (Lipinski definition) is 4. The normalized spacial score (nSPS) is 10.0. The average Bonchev–Trinajstić information content (AvgIpc) is 2.55.